The molecule has 0 aromatic rings. The number of hydrogen-bond acceptors (Lipinski definition) is 3. The topological polar surface area (TPSA) is 15.3 Å². The van der Waals surface area contributed by atoms with E-state index in [9.17, 15) is 0 Å². The van der Waals surface area contributed by atoms with Crippen LogP contribution in [0.2, 0.25) is 0 Å². The van der Waals surface area contributed by atoms with E-state index in [2.05, 4.69) is 37.4 Å². The van der Waals surface area contributed by atoms with Gasteiger partial charge in [0, 0.05) is 25.2 Å². The number of likely N-dealkylation sites (N-methyl/N-ethyl adjacent to an activating group) is 1. The molecule has 1 N–H and O–H groups in total. The lowest BCUT2D eigenvalue weighted by Crippen LogP contribution is -2.42. The van der Waals surface area contributed by atoms with Gasteiger partial charge in [-0.25, -0.2) is 0 Å². The zero-order chi connectivity index (χ0) is 13.4. The molecule has 18 heavy (non-hydrogen) atoms. The Morgan fingerprint density at radius 2 is 2.06 bits per heavy atom. The first-order valence-corrected chi connectivity index (χ1v) is 8.97. The summed E-state index contributed by atoms with van der Waals surface area (Å²) < 4.78 is 0. The van der Waals surface area contributed by atoms with Crippen LogP contribution in [-0.4, -0.2) is 49.1 Å². The Bertz CT molecular complexity index is 211. The summed E-state index contributed by atoms with van der Waals surface area (Å²) in [7, 11) is 2.26. The molecule has 3 atom stereocenters. The van der Waals surface area contributed by atoms with Crippen molar-refractivity contribution in [3.63, 3.8) is 0 Å². The molecule has 1 rings (SSSR count). The van der Waals surface area contributed by atoms with Crippen LogP contribution in [0, 0.1) is 5.92 Å². The molecular weight excluding hydrogens is 240 g/mol. The van der Waals surface area contributed by atoms with E-state index in [4.69, 9.17) is 0 Å². The van der Waals surface area contributed by atoms with Gasteiger partial charge < -0.3 is 10.2 Å². The fraction of sp³-hybridized carbons (Fsp3) is 1.00. The van der Waals surface area contributed by atoms with Gasteiger partial charge >= 0.3 is 0 Å². The van der Waals surface area contributed by atoms with Gasteiger partial charge in [0.15, 0.2) is 0 Å². The molecule has 1 saturated carbocycles. The number of thioether (sulfide) groups is 1. The summed E-state index contributed by atoms with van der Waals surface area (Å²) in [6.45, 7) is 7.08. The molecule has 0 saturated heterocycles. The van der Waals surface area contributed by atoms with Crippen molar-refractivity contribution < 1.29 is 0 Å². The Morgan fingerprint density at radius 1 is 1.33 bits per heavy atom. The molecule has 2 nitrogen and oxygen atoms in total. The van der Waals surface area contributed by atoms with Crippen molar-refractivity contribution in [2.75, 3.05) is 32.1 Å². The lowest BCUT2D eigenvalue weighted by Gasteiger charge is -2.31. The first-order valence-electron chi connectivity index (χ1n) is 7.57. The maximum absolute atomic E-state index is 3.77. The van der Waals surface area contributed by atoms with E-state index in [0.717, 1.165) is 18.5 Å². The van der Waals surface area contributed by atoms with Crippen LogP contribution in [0.25, 0.3) is 0 Å². The second kappa shape index (κ2) is 9.22. The summed E-state index contributed by atoms with van der Waals surface area (Å²) in [6, 6.07) is 1.48. The monoisotopic (exact) mass is 272 g/mol. The van der Waals surface area contributed by atoms with Gasteiger partial charge in [-0.05, 0) is 51.2 Å². The predicted molar refractivity (Wildman–Crippen MR) is 84.5 cm³/mol. The number of rotatable bonds is 8. The highest BCUT2D eigenvalue weighted by Gasteiger charge is 2.20. The zero-order valence-corrected chi connectivity index (χ0v) is 13.6. The molecule has 1 aliphatic carbocycles. The van der Waals surface area contributed by atoms with Crippen molar-refractivity contribution in [1.29, 1.82) is 0 Å². The van der Waals surface area contributed by atoms with Crippen LogP contribution in [0.5, 0.6) is 0 Å². The van der Waals surface area contributed by atoms with Crippen molar-refractivity contribution in [1.82, 2.24) is 10.2 Å². The molecule has 0 heterocycles. The Hall–Kier alpha value is 0.270. The van der Waals surface area contributed by atoms with Crippen molar-refractivity contribution in [3.8, 4) is 0 Å². The average molecular weight is 273 g/mol. The van der Waals surface area contributed by atoms with E-state index in [0.29, 0.717) is 6.04 Å². The summed E-state index contributed by atoms with van der Waals surface area (Å²) in [5, 5.41) is 3.77. The molecule has 0 aromatic carbocycles. The largest absolute Gasteiger partial charge is 0.312 e. The second-order valence-electron chi connectivity index (χ2n) is 5.93. The maximum atomic E-state index is 3.77. The average Bonchev–Trinajstić information content (AvgIpc) is 2.38. The molecule has 1 fully saturated rings. The minimum Gasteiger partial charge on any atom is -0.312 e. The van der Waals surface area contributed by atoms with E-state index in [1.165, 1.54) is 44.4 Å². The normalized spacial score (nSPS) is 26.5. The molecule has 3 unspecified atom stereocenters. The smallest absolute Gasteiger partial charge is 0.0107 e. The van der Waals surface area contributed by atoms with Crippen LogP contribution in [0.3, 0.4) is 0 Å². The highest BCUT2D eigenvalue weighted by atomic mass is 32.2. The summed E-state index contributed by atoms with van der Waals surface area (Å²) in [5.41, 5.74) is 0. The molecular formula is C15H32N2S. The third-order valence-corrected chi connectivity index (χ3v) is 5.12. The molecule has 108 valence electrons. The fourth-order valence-electron chi connectivity index (χ4n) is 2.77. The summed E-state index contributed by atoms with van der Waals surface area (Å²) >= 11 is 1.95. The third-order valence-electron chi connectivity index (χ3n) is 4.47. The Morgan fingerprint density at radius 3 is 2.72 bits per heavy atom. The minimum atomic E-state index is 0.711. The van der Waals surface area contributed by atoms with Crippen LogP contribution < -0.4 is 5.32 Å². The third kappa shape index (κ3) is 5.94. The van der Waals surface area contributed by atoms with Gasteiger partial charge in [-0.3, -0.25) is 0 Å². The maximum Gasteiger partial charge on any atom is 0.0107 e. The Balaban J connectivity index is 2.12. The van der Waals surface area contributed by atoms with E-state index in [1.807, 2.05) is 11.8 Å². The highest BCUT2D eigenvalue weighted by Crippen LogP contribution is 2.23. The van der Waals surface area contributed by atoms with E-state index < -0.39 is 0 Å². The Kier molecular flexibility index (Phi) is 8.36. The van der Waals surface area contributed by atoms with Crippen molar-refractivity contribution in [3.05, 3.63) is 0 Å². The number of hydrogen-bond donors (Lipinski definition) is 1. The van der Waals surface area contributed by atoms with Gasteiger partial charge in [0.05, 0.1) is 0 Å². The first-order chi connectivity index (χ1) is 8.65. The molecule has 1 aliphatic rings. The van der Waals surface area contributed by atoms with E-state index in [1.54, 1.807) is 0 Å². The molecule has 0 aromatic heterocycles. The SMILES string of the molecule is CSCCC(C)N(C)CCNC1CCCCC1C. The molecule has 0 aliphatic heterocycles. The van der Waals surface area contributed by atoms with E-state index in [-0.39, 0.29) is 0 Å². The summed E-state index contributed by atoms with van der Waals surface area (Å²) in [5.74, 6) is 2.15. The molecule has 0 spiro atoms. The second-order valence-corrected chi connectivity index (χ2v) is 6.92. The van der Waals surface area contributed by atoms with Gasteiger partial charge in [0.2, 0.25) is 0 Å². The number of nitrogens with one attached hydrogen (secondary N) is 1. The first kappa shape index (κ1) is 16.3. The van der Waals surface area contributed by atoms with Crippen LogP contribution in [0.15, 0.2) is 0 Å². The van der Waals surface area contributed by atoms with Crippen molar-refractivity contribution >= 4 is 11.8 Å². The van der Waals surface area contributed by atoms with Gasteiger partial charge in [0.1, 0.15) is 0 Å². The van der Waals surface area contributed by atoms with Gasteiger partial charge in [0.25, 0.3) is 0 Å². The number of nitrogens with zero attached hydrogens (tertiary/aromatic N) is 1. The summed E-state index contributed by atoms with van der Waals surface area (Å²) in [6.07, 6.45) is 9.15. The van der Waals surface area contributed by atoms with Crippen LogP contribution in [0.4, 0.5) is 0 Å². The van der Waals surface area contributed by atoms with Crippen LogP contribution in [-0.2, 0) is 0 Å². The zero-order valence-electron chi connectivity index (χ0n) is 12.7. The molecule has 3 heteroatoms. The highest BCUT2D eigenvalue weighted by molar-refractivity contribution is 7.98. The Labute approximate surface area is 118 Å². The fourth-order valence-corrected chi connectivity index (χ4v) is 3.35. The lowest BCUT2D eigenvalue weighted by atomic mass is 9.86. The van der Waals surface area contributed by atoms with Crippen LogP contribution >= 0.6 is 11.8 Å². The standard InChI is InChI=1S/C15H32N2S/c1-13-7-5-6-8-15(13)16-10-11-17(3)14(2)9-12-18-4/h13-16H,5-12H2,1-4H3. The van der Waals surface area contributed by atoms with E-state index >= 15 is 0 Å². The van der Waals surface area contributed by atoms with Gasteiger partial charge in [-0.2, -0.15) is 11.8 Å². The van der Waals surface area contributed by atoms with Gasteiger partial charge in [-0.15, -0.1) is 0 Å². The summed E-state index contributed by atoms with van der Waals surface area (Å²) in [4.78, 5) is 2.50. The van der Waals surface area contributed by atoms with Gasteiger partial charge in [-0.1, -0.05) is 19.8 Å². The van der Waals surface area contributed by atoms with Crippen molar-refractivity contribution in [2.24, 2.45) is 5.92 Å². The van der Waals surface area contributed by atoms with Crippen molar-refractivity contribution in [2.45, 2.75) is 58.0 Å². The molecule has 0 amide bonds. The lowest BCUT2D eigenvalue weighted by molar-refractivity contribution is 0.229. The quantitative estimate of drug-likeness (QED) is 0.730. The molecule has 0 radical (unpaired) electrons. The molecule has 0 bridgehead atoms. The minimum absolute atomic E-state index is 0.711. The predicted octanol–water partition coefficient (Wildman–Crippen LogP) is 3.23. The van der Waals surface area contributed by atoms with Crippen LogP contribution in [0.1, 0.15) is 46.0 Å².